The Morgan fingerprint density at radius 2 is 1.85 bits per heavy atom. The van der Waals surface area contributed by atoms with Crippen molar-refractivity contribution >= 4 is 29.5 Å². The molecular formula is C23H26N4O5S. The molecular weight excluding hydrogens is 444 g/mol. The minimum Gasteiger partial charge on any atom is -0.493 e. The van der Waals surface area contributed by atoms with E-state index in [4.69, 9.17) is 31.2 Å². The fourth-order valence-electron chi connectivity index (χ4n) is 3.25. The molecule has 0 amide bonds. The maximum atomic E-state index is 13.2. The molecule has 3 aromatic rings. The lowest BCUT2D eigenvalue weighted by molar-refractivity contribution is 0.0968. The normalized spacial score (nSPS) is 10.4. The summed E-state index contributed by atoms with van der Waals surface area (Å²) in [4.78, 5) is 17.4. The molecule has 0 fully saturated rings. The van der Waals surface area contributed by atoms with Gasteiger partial charge in [0.15, 0.2) is 22.1 Å². The second-order valence-corrected chi connectivity index (χ2v) is 7.22. The number of aromatic nitrogens is 3. The summed E-state index contributed by atoms with van der Waals surface area (Å²) in [6.07, 6.45) is 3.57. The van der Waals surface area contributed by atoms with Gasteiger partial charge in [0.25, 0.3) is 0 Å². The number of carbonyl (C=O) groups is 1. The van der Waals surface area contributed by atoms with Crippen LogP contribution >= 0.6 is 12.2 Å². The Labute approximate surface area is 197 Å². The maximum Gasteiger partial charge on any atom is 0.227 e. The predicted molar refractivity (Wildman–Crippen MR) is 128 cm³/mol. The summed E-state index contributed by atoms with van der Waals surface area (Å²) in [5, 5.41) is 3.31. The molecule has 0 bridgehead atoms. The number of pyridine rings is 1. The molecule has 0 atom stereocenters. The molecule has 9 nitrogen and oxygen atoms in total. The quantitative estimate of drug-likeness (QED) is 0.253. The highest BCUT2D eigenvalue weighted by molar-refractivity contribution is 7.71. The standard InChI is InChI=1S/C23H26N4O5S/c1-6-11-26-14-20(24-15-7-9-18(29-2)19(12-15)30-3)27(23(26)33)13-17(28)16-8-10-21(31-4)25-22(16)32-5/h6-10,12,14,24H,1,11,13H2,2-5H3. The summed E-state index contributed by atoms with van der Waals surface area (Å²) in [7, 11) is 6.09. The number of carbonyl (C=O) groups excluding carboxylic acids is 1. The summed E-state index contributed by atoms with van der Waals surface area (Å²) in [6.45, 7) is 4.25. The highest BCUT2D eigenvalue weighted by Crippen LogP contribution is 2.31. The molecule has 2 aromatic heterocycles. The van der Waals surface area contributed by atoms with Crippen molar-refractivity contribution in [3.05, 3.63) is 59.5 Å². The van der Waals surface area contributed by atoms with Crippen LogP contribution in [0, 0.1) is 4.77 Å². The number of methoxy groups -OCH3 is 4. The van der Waals surface area contributed by atoms with Gasteiger partial charge in [0.1, 0.15) is 5.82 Å². The number of rotatable bonds is 11. The minimum atomic E-state index is -0.218. The van der Waals surface area contributed by atoms with Crippen LogP contribution in [0.3, 0.4) is 0 Å². The molecule has 174 valence electrons. The van der Waals surface area contributed by atoms with Crippen LogP contribution in [-0.2, 0) is 13.1 Å². The van der Waals surface area contributed by atoms with Crippen molar-refractivity contribution in [2.24, 2.45) is 0 Å². The molecule has 0 saturated heterocycles. The van der Waals surface area contributed by atoms with E-state index in [2.05, 4.69) is 16.9 Å². The first-order valence-corrected chi connectivity index (χ1v) is 10.4. The minimum absolute atomic E-state index is 0.0248. The molecule has 3 rings (SSSR count). The second kappa shape index (κ2) is 10.7. The molecule has 10 heteroatoms. The number of ether oxygens (including phenoxy) is 4. The molecule has 0 spiro atoms. The van der Waals surface area contributed by atoms with Gasteiger partial charge in [0.2, 0.25) is 11.8 Å². The number of ketones is 1. The van der Waals surface area contributed by atoms with Gasteiger partial charge in [-0.3, -0.25) is 9.36 Å². The number of anilines is 2. The van der Waals surface area contributed by atoms with Gasteiger partial charge in [0.05, 0.1) is 40.5 Å². The maximum absolute atomic E-state index is 13.2. The van der Waals surface area contributed by atoms with Gasteiger partial charge < -0.3 is 28.8 Å². The molecule has 1 N–H and O–H groups in total. The lowest BCUT2D eigenvalue weighted by Gasteiger charge is -2.13. The number of hydrogen-bond donors (Lipinski definition) is 1. The summed E-state index contributed by atoms with van der Waals surface area (Å²) in [5.41, 5.74) is 1.07. The first-order chi connectivity index (χ1) is 15.9. The topological polar surface area (TPSA) is 88.8 Å². The molecule has 0 unspecified atom stereocenters. The average Bonchev–Trinajstić information content (AvgIpc) is 3.12. The van der Waals surface area contributed by atoms with Crippen LogP contribution in [-0.4, -0.2) is 48.3 Å². The van der Waals surface area contributed by atoms with Gasteiger partial charge in [-0.1, -0.05) is 6.08 Å². The Morgan fingerprint density at radius 1 is 1.09 bits per heavy atom. The van der Waals surface area contributed by atoms with E-state index in [9.17, 15) is 4.79 Å². The third-order valence-corrected chi connectivity index (χ3v) is 5.32. The van der Waals surface area contributed by atoms with Crippen LogP contribution in [0.2, 0.25) is 0 Å². The third-order valence-electron chi connectivity index (χ3n) is 4.87. The number of nitrogens with zero attached hydrogens (tertiary/aromatic N) is 3. The predicted octanol–water partition coefficient (Wildman–Crippen LogP) is 4.26. The van der Waals surface area contributed by atoms with Gasteiger partial charge in [-0.15, -0.1) is 6.58 Å². The Kier molecular flexibility index (Phi) is 7.73. The van der Waals surface area contributed by atoms with Crippen LogP contribution in [0.15, 0.2) is 49.2 Å². The van der Waals surface area contributed by atoms with E-state index in [-0.39, 0.29) is 18.2 Å². The van der Waals surface area contributed by atoms with Crippen molar-refractivity contribution in [3.63, 3.8) is 0 Å². The third kappa shape index (κ3) is 5.17. The van der Waals surface area contributed by atoms with Crippen molar-refractivity contribution in [2.75, 3.05) is 33.8 Å². The highest BCUT2D eigenvalue weighted by atomic mass is 32.1. The van der Waals surface area contributed by atoms with E-state index < -0.39 is 0 Å². The zero-order chi connectivity index (χ0) is 24.0. The summed E-state index contributed by atoms with van der Waals surface area (Å²) in [5.74, 6) is 2.13. The zero-order valence-electron chi connectivity index (χ0n) is 19.0. The Bertz CT molecular complexity index is 1220. The van der Waals surface area contributed by atoms with Crippen molar-refractivity contribution in [3.8, 4) is 23.3 Å². The lowest BCUT2D eigenvalue weighted by atomic mass is 10.1. The number of imidazole rings is 1. The highest BCUT2D eigenvalue weighted by Gasteiger charge is 2.19. The largest absolute Gasteiger partial charge is 0.493 e. The number of allylic oxidation sites excluding steroid dienone is 1. The molecule has 33 heavy (non-hydrogen) atoms. The first kappa shape index (κ1) is 23.9. The Balaban J connectivity index is 1.98. The molecule has 0 aliphatic carbocycles. The van der Waals surface area contributed by atoms with E-state index in [1.54, 1.807) is 49.1 Å². The van der Waals surface area contributed by atoms with E-state index >= 15 is 0 Å². The zero-order valence-corrected chi connectivity index (χ0v) is 19.8. The van der Waals surface area contributed by atoms with Crippen molar-refractivity contribution in [1.29, 1.82) is 0 Å². The van der Waals surface area contributed by atoms with Gasteiger partial charge in [-0.2, -0.15) is 4.98 Å². The molecule has 0 aliphatic heterocycles. The Hall–Kier alpha value is -3.79. The van der Waals surface area contributed by atoms with Gasteiger partial charge in [0, 0.05) is 30.6 Å². The molecule has 0 aliphatic rings. The van der Waals surface area contributed by atoms with Crippen LogP contribution in [0.4, 0.5) is 11.5 Å². The second-order valence-electron chi connectivity index (χ2n) is 6.85. The monoisotopic (exact) mass is 470 g/mol. The van der Waals surface area contributed by atoms with Crippen molar-refractivity contribution < 1.29 is 23.7 Å². The molecule has 1 aromatic carbocycles. The lowest BCUT2D eigenvalue weighted by Crippen LogP contribution is -2.14. The fourth-order valence-corrected chi connectivity index (χ4v) is 3.54. The summed E-state index contributed by atoms with van der Waals surface area (Å²) in [6, 6.07) is 8.67. The van der Waals surface area contributed by atoms with E-state index in [0.29, 0.717) is 40.1 Å². The number of benzene rings is 1. The number of Topliss-reactive ketones (excluding diaryl/α,β-unsaturated/α-hetero) is 1. The van der Waals surface area contributed by atoms with Gasteiger partial charge >= 0.3 is 0 Å². The SMILES string of the molecule is C=CCn1cc(Nc2ccc(OC)c(OC)c2)n(CC(=O)c2ccc(OC)nc2OC)c1=S. The average molecular weight is 471 g/mol. The van der Waals surface area contributed by atoms with E-state index in [0.717, 1.165) is 5.69 Å². The fraction of sp³-hybridized carbons (Fsp3) is 0.261. The van der Waals surface area contributed by atoms with Crippen LogP contribution < -0.4 is 24.3 Å². The summed E-state index contributed by atoms with van der Waals surface area (Å²) < 4.78 is 25.1. The van der Waals surface area contributed by atoms with Crippen LogP contribution in [0.25, 0.3) is 0 Å². The van der Waals surface area contributed by atoms with Gasteiger partial charge in [-0.25, -0.2) is 0 Å². The Morgan fingerprint density at radius 3 is 2.48 bits per heavy atom. The molecule has 0 saturated carbocycles. The van der Waals surface area contributed by atoms with Crippen molar-refractivity contribution in [1.82, 2.24) is 14.1 Å². The van der Waals surface area contributed by atoms with Crippen molar-refractivity contribution in [2.45, 2.75) is 13.1 Å². The van der Waals surface area contributed by atoms with Crippen LogP contribution in [0.1, 0.15) is 10.4 Å². The number of nitrogens with one attached hydrogen (secondary N) is 1. The first-order valence-electron chi connectivity index (χ1n) is 9.97. The van der Waals surface area contributed by atoms with E-state index in [1.807, 2.05) is 16.8 Å². The molecule has 0 radical (unpaired) electrons. The summed E-state index contributed by atoms with van der Waals surface area (Å²) >= 11 is 5.63. The molecule has 2 heterocycles. The van der Waals surface area contributed by atoms with Crippen LogP contribution in [0.5, 0.6) is 23.3 Å². The van der Waals surface area contributed by atoms with Gasteiger partial charge in [-0.05, 0) is 30.4 Å². The number of hydrogen-bond acceptors (Lipinski definition) is 8. The smallest absolute Gasteiger partial charge is 0.227 e. The van der Waals surface area contributed by atoms with E-state index in [1.165, 1.54) is 14.2 Å².